The molecule has 1 aliphatic heterocycles. The second-order valence-corrected chi connectivity index (χ2v) is 5.15. The Bertz CT molecular complexity index is 484. The fourth-order valence-electron chi connectivity index (χ4n) is 2.63. The van der Waals surface area contributed by atoms with Crippen LogP contribution < -0.4 is 0 Å². The van der Waals surface area contributed by atoms with Crippen molar-refractivity contribution in [2.45, 2.75) is 32.1 Å². The average Bonchev–Trinajstić information content (AvgIpc) is 2.92. The number of aliphatic hydroxyl groups is 1. The van der Waals surface area contributed by atoms with Crippen LogP contribution in [0, 0.1) is 5.92 Å². The van der Waals surface area contributed by atoms with Gasteiger partial charge in [0.25, 0.3) is 5.91 Å². The van der Waals surface area contributed by atoms with Crippen LogP contribution in [0.1, 0.15) is 23.8 Å². The summed E-state index contributed by atoms with van der Waals surface area (Å²) in [7, 11) is 0. The van der Waals surface area contributed by atoms with E-state index in [9.17, 15) is 23.1 Å². The molecule has 0 spiro atoms. The summed E-state index contributed by atoms with van der Waals surface area (Å²) >= 11 is 0. The van der Waals surface area contributed by atoms with Gasteiger partial charge in [-0.15, -0.1) is 0 Å². The zero-order valence-electron chi connectivity index (χ0n) is 11.1. The van der Waals surface area contributed by atoms with E-state index in [0.29, 0.717) is 6.54 Å². The lowest BCUT2D eigenvalue weighted by atomic mass is 10.0. The molecule has 1 amide bonds. The Morgan fingerprint density at radius 3 is 2.80 bits per heavy atom. The van der Waals surface area contributed by atoms with E-state index in [1.807, 2.05) is 6.92 Å². The van der Waals surface area contributed by atoms with Gasteiger partial charge in [-0.25, -0.2) is 0 Å². The smallest absolute Gasteiger partial charge is 0.394 e. The standard InChI is InChI=1S/C13H17F3N2O2/c1-9-4-6-18(11(9)7-19)12(20)10-3-2-5-17(10)8-13(14,15)16/h2-3,5,9,11,19H,4,6-8H2,1H3. The number of carbonyl (C=O) groups is 1. The predicted molar refractivity (Wildman–Crippen MR) is 66.2 cm³/mol. The number of likely N-dealkylation sites (tertiary alicyclic amines) is 1. The lowest BCUT2D eigenvalue weighted by Gasteiger charge is -2.25. The predicted octanol–water partition coefficient (Wildman–Crippen LogP) is 1.89. The van der Waals surface area contributed by atoms with Gasteiger partial charge in [-0.05, 0) is 24.5 Å². The van der Waals surface area contributed by atoms with E-state index < -0.39 is 18.6 Å². The number of hydrogen-bond donors (Lipinski definition) is 1. The molecule has 112 valence electrons. The summed E-state index contributed by atoms with van der Waals surface area (Å²) in [5, 5.41) is 9.33. The number of rotatable bonds is 3. The average molecular weight is 290 g/mol. The molecule has 2 heterocycles. The van der Waals surface area contributed by atoms with E-state index in [4.69, 9.17) is 0 Å². The number of halogens is 3. The quantitative estimate of drug-likeness (QED) is 0.924. The summed E-state index contributed by atoms with van der Waals surface area (Å²) in [4.78, 5) is 13.8. The second-order valence-electron chi connectivity index (χ2n) is 5.15. The third-order valence-electron chi connectivity index (χ3n) is 3.73. The number of nitrogens with zero attached hydrogens (tertiary/aromatic N) is 2. The number of alkyl halides is 3. The maximum atomic E-state index is 12.5. The summed E-state index contributed by atoms with van der Waals surface area (Å²) in [6.45, 7) is 1.02. The van der Waals surface area contributed by atoms with Crippen molar-refractivity contribution < 1.29 is 23.1 Å². The zero-order valence-corrected chi connectivity index (χ0v) is 11.1. The third-order valence-corrected chi connectivity index (χ3v) is 3.73. The van der Waals surface area contributed by atoms with E-state index in [1.54, 1.807) is 0 Å². The number of carbonyl (C=O) groups excluding carboxylic acids is 1. The van der Waals surface area contributed by atoms with Crippen molar-refractivity contribution in [3.8, 4) is 0 Å². The van der Waals surface area contributed by atoms with E-state index in [-0.39, 0.29) is 24.3 Å². The maximum absolute atomic E-state index is 12.5. The monoisotopic (exact) mass is 290 g/mol. The fraction of sp³-hybridized carbons (Fsp3) is 0.615. The van der Waals surface area contributed by atoms with Gasteiger partial charge < -0.3 is 14.6 Å². The number of hydrogen-bond acceptors (Lipinski definition) is 2. The Labute approximate surface area is 114 Å². The van der Waals surface area contributed by atoms with Gasteiger partial charge in [0.15, 0.2) is 0 Å². The van der Waals surface area contributed by atoms with Crippen LogP contribution in [0.3, 0.4) is 0 Å². The normalized spacial score (nSPS) is 23.4. The molecule has 1 aromatic rings. The Morgan fingerprint density at radius 2 is 2.20 bits per heavy atom. The van der Waals surface area contributed by atoms with Gasteiger partial charge in [0, 0.05) is 12.7 Å². The fourth-order valence-corrected chi connectivity index (χ4v) is 2.63. The van der Waals surface area contributed by atoms with Crippen LogP contribution in [0.25, 0.3) is 0 Å². The Balaban J connectivity index is 2.20. The second kappa shape index (κ2) is 5.47. The molecule has 1 aromatic heterocycles. The molecule has 0 saturated carbocycles. The first-order valence-corrected chi connectivity index (χ1v) is 6.47. The molecule has 1 saturated heterocycles. The van der Waals surface area contributed by atoms with Crippen LogP contribution in [-0.4, -0.2) is 45.9 Å². The first-order valence-electron chi connectivity index (χ1n) is 6.47. The molecule has 7 heteroatoms. The summed E-state index contributed by atoms with van der Waals surface area (Å²) in [6, 6.07) is 2.48. The number of aliphatic hydroxyl groups excluding tert-OH is 1. The molecule has 1 aliphatic rings. The topological polar surface area (TPSA) is 45.5 Å². The minimum absolute atomic E-state index is 0.00914. The first-order chi connectivity index (χ1) is 9.33. The van der Waals surface area contributed by atoms with Gasteiger partial charge in [0.1, 0.15) is 12.2 Å². The van der Waals surface area contributed by atoms with Crippen LogP contribution in [0.5, 0.6) is 0 Å². The number of aromatic nitrogens is 1. The molecule has 0 aromatic carbocycles. The molecular weight excluding hydrogens is 273 g/mol. The molecule has 1 fully saturated rings. The van der Waals surface area contributed by atoms with Gasteiger partial charge in [0.05, 0.1) is 12.6 Å². The highest BCUT2D eigenvalue weighted by Gasteiger charge is 2.36. The summed E-state index contributed by atoms with van der Waals surface area (Å²) in [5.74, 6) is -0.308. The lowest BCUT2D eigenvalue weighted by Crippen LogP contribution is -2.41. The van der Waals surface area contributed by atoms with Crippen LogP contribution in [0.15, 0.2) is 18.3 Å². The summed E-state index contributed by atoms with van der Waals surface area (Å²) in [5.41, 5.74) is 0.00914. The van der Waals surface area contributed by atoms with E-state index >= 15 is 0 Å². The van der Waals surface area contributed by atoms with Crippen molar-refractivity contribution in [2.75, 3.05) is 13.2 Å². The van der Waals surface area contributed by atoms with Crippen molar-refractivity contribution in [2.24, 2.45) is 5.92 Å². The van der Waals surface area contributed by atoms with Gasteiger partial charge in [-0.3, -0.25) is 4.79 Å². The van der Waals surface area contributed by atoms with E-state index in [1.165, 1.54) is 23.2 Å². The molecule has 2 atom stereocenters. The third kappa shape index (κ3) is 2.98. The zero-order chi connectivity index (χ0) is 14.9. The molecule has 1 N–H and O–H groups in total. The Morgan fingerprint density at radius 1 is 1.50 bits per heavy atom. The maximum Gasteiger partial charge on any atom is 0.406 e. The first kappa shape index (κ1) is 14.9. The van der Waals surface area contributed by atoms with Crippen molar-refractivity contribution in [1.82, 2.24) is 9.47 Å². The van der Waals surface area contributed by atoms with Gasteiger partial charge in [-0.2, -0.15) is 13.2 Å². The Kier molecular flexibility index (Phi) is 4.08. The lowest BCUT2D eigenvalue weighted by molar-refractivity contribution is -0.140. The SMILES string of the molecule is CC1CCN(C(=O)c2cccn2CC(F)(F)F)C1CO. The molecule has 0 radical (unpaired) electrons. The summed E-state index contributed by atoms with van der Waals surface area (Å²) < 4.78 is 38.3. The molecule has 2 unspecified atom stereocenters. The van der Waals surface area contributed by atoms with Crippen LogP contribution >= 0.6 is 0 Å². The molecule has 20 heavy (non-hydrogen) atoms. The Hall–Kier alpha value is -1.50. The summed E-state index contributed by atoms with van der Waals surface area (Å²) in [6.07, 6.45) is -2.38. The largest absolute Gasteiger partial charge is 0.406 e. The van der Waals surface area contributed by atoms with E-state index in [0.717, 1.165) is 11.0 Å². The molecular formula is C13H17F3N2O2. The molecule has 2 rings (SSSR count). The van der Waals surface area contributed by atoms with Crippen LogP contribution in [-0.2, 0) is 6.54 Å². The van der Waals surface area contributed by atoms with Gasteiger partial charge >= 0.3 is 6.18 Å². The van der Waals surface area contributed by atoms with Crippen molar-refractivity contribution in [3.63, 3.8) is 0 Å². The highest BCUT2D eigenvalue weighted by Crippen LogP contribution is 2.26. The van der Waals surface area contributed by atoms with Crippen LogP contribution in [0.2, 0.25) is 0 Å². The van der Waals surface area contributed by atoms with Crippen molar-refractivity contribution >= 4 is 5.91 Å². The molecule has 0 aliphatic carbocycles. The van der Waals surface area contributed by atoms with Crippen LogP contribution in [0.4, 0.5) is 13.2 Å². The molecule has 0 bridgehead atoms. The van der Waals surface area contributed by atoms with Gasteiger partial charge in [-0.1, -0.05) is 6.92 Å². The highest BCUT2D eigenvalue weighted by molar-refractivity contribution is 5.93. The van der Waals surface area contributed by atoms with Crippen molar-refractivity contribution in [1.29, 1.82) is 0 Å². The molecule has 4 nitrogen and oxygen atoms in total. The van der Waals surface area contributed by atoms with E-state index in [2.05, 4.69) is 0 Å². The van der Waals surface area contributed by atoms with Gasteiger partial charge in [0.2, 0.25) is 0 Å². The highest BCUT2D eigenvalue weighted by atomic mass is 19.4. The minimum atomic E-state index is -4.37. The van der Waals surface area contributed by atoms with Crippen molar-refractivity contribution in [3.05, 3.63) is 24.0 Å². The number of amides is 1. The minimum Gasteiger partial charge on any atom is -0.394 e.